The Balaban J connectivity index is 2.26. The highest BCUT2D eigenvalue weighted by atomic mass is 17.3. The molecule has 72 valence electrons. The summed E-state index contributed by atoms with van der Waals surface area (Å²) in [4.78, 5) is 19.4. The van der Waals surface area contributed by atoms with Crippen LogP contribution in [-0.4, -0.2) is 18.4 Å². The first-order chi connectivity index (χ1) is 6.20. The average molecular weight is 185 g/mol. The van der Waals surface area contributed by atoms with Gasteiger partial charge in [0.1, 0.15) is 12.4 Å². The van der Waals surface area contributed by atoms with Gasteiger partial charge in [0.25, 0.3) is 5.79 Å². The van der Waals surface area contributed by atoms with Crippen LogP contribution in [0.4, 0.5) is 0 Å². The zero-order valence-electron chi connectivity index (χ0n) is 7.36. The Kier molecular flexibility index (Phi) is 3.37. The van der Waals surface area contributed by atoms with Crippen LogP contribution in [0.2, 0.25) is 0 Å². The first-order valence-corrected chi connectivity index (χ1v) is 4.07. The minimum atomic E-state index is -1.30. The van der Waals surface area contributed by atoms with Gasteiger partial charge in [0, 0.05) is 19.8 Å². The molecule has 0 spiro atoms. The van der Waals surface area contributed by atoms with Crippen molar-refractivity contribution in [3.63, 3.8) is 0 Å². The minimum absolute atomic E-state index is 0.465. The van der Waals surface area contributed by atoms with Gasteiger partial charge >= 0.3 is 0 Å². The highest BCUT2D eigenvalue weighted by molar-refractivity contribution is 5.48. The fourth-order valence-electron chi connectivity index (χ4n) is 0.955. The third-order valence-electron chi connectivity index (χ3n) is 1.64. The smallest absolute Gasteiger partial charge is 0.288 e. The number of unbranched alkanes of at least 4 members (excludes halogenated alkanes) is 1. The van der Waals surface area contributed by atoms with Crippen molar-refractivity contribution < 1.29 is 19.3 Å². The number of rotatable bonds is 4. The molecule has 0 saturated carbocycles. The topological polar surface area (TPSA) is 68.5 Å². The van der Waals surface area contributed by atoms with Gasteiger partial charge in [0.2, 0.25) is 0 Å². The van der Waals surface area contributed by atoms with Gasteiger partial charge in [-0.15, -0.1) is 0 Å². The number of nitrogens with zero attached hydrogens (tertiary/aromatic N) is 1. The average Bonchev–Trinajstić information content (AvgIpc) is 2.50. The summed E-state index contributed by atoms with van der Waals surface area (Å²) in [6.45, 7) is 1.48. The predicted molar refractivity (Wildman–Crippen MR) is 41.0 cm³/mol. The van der Waals surface area contributed by atoms with Gasteiger partial charge < -0.3 is 9.53 Å². The third kappa shape index (κ3) is 2.77. The number of hydrogen-bond acceptors (Lipinski definition) is 5. The Morgan fingerprint density at radius 3 is 3.00 bits per heavy atom. The van der Waals surface area contributed by atoms with Crippen molar-refractivity contribution in [2.24, 2.45) is 0 Å². The van der Waals surface area contributed by atoms with Crippen molar-refractivity contribution >= 4 is 6.29 Å². The van der Waals surface area contributed by atoms with Crippen LogP contribution in [0.5, 0.6) is 0 Å². The van der Waals surface area contributed by atoms with Crippen LogP contribution in [0.3, 0.4) is 0 Å². The molecule has 1 heterocycles. The van der Waals surface area contributed by atoms with Crippen molar-refractivity contribution in [1.82, 2.24) is 0 Å². The number of carbonyl (C=O) groups excluding carboxylic acids is 1. The summed E-state index contributed by atoms with van der Waals surface area (Å²) >= 11 is 0. The molecule has 1 rings (SSSR count). The first kappa shape index (κ1) is 10.1. The first-order valence-electron chi connectivity index (χ1n) is 4.07. The molecule has 0 amide bonds. The zero-order valence-corrected chi connectivity index (χ0v) is 7.36. The summed E-state index contributed by atoms with van der Waals surface area (Å²) in [6.07, 6.45) is 1.98. The maximum atomic E-state index is 10.00. The standard InChI is InChI=1S/C8H11NO4/c1-8(6-9)11-7(12-13-8)4-2-3-5-10/h5,7H,2-4H2,1H3. The maximum absolute atomic E-state index is 10.00. The van der Waals surface area contributed by atoms with E-state index in [1.807, 2.05) is 6.07 Å². The van der Waals surface area contributed by atoms with E-state index in [1.54, 1.807) is 0 Å². The molecule has 1 saturated heterocycles. The summed E-state index contributed by atoms with van der Waals surface area (Å²) in [5.74, 6) is -1.30. The zero-order chi connectivity index (χ0) is 9.73. The van der Waals surface area contributed by atoms with E-state index in [0.29, 0.717) is 19.3 Å². The third-order valence-corrected chi connectivity index (χ3v) is 1.64. The van der Waals surface area contributed by atoms with Crippen molar-refractivity contribution in [3.05, 3.63) is 0 Å². The van der Waals surface area contributed by atoms with Crippen LogP contribution in [-0.2, 0) is 19.3 Å². The molecule has 5 heteroatoms. The van der Waals surface area contributed by atoms with Crippen LogP contribution in [0.25, 0.3) is 0 Å². The molecule has 5 nitrogen and oxygen atoms in total. The molecular weight excluding hydrogens is 174 g/mol. The quantitative estimate of drug-likeness (QED) is 0.369. The SMILES string of the molecule is CC1(C#N)OOC(CCCC=O)O1. The molecule has 1 aliphatic rings. The van der Waals surface area contributed by atoms with Crippen molar-refractivity contribution in [2.45, 2.75) is 38.3 Å². The van der Waals surface area contributed by atoms with E-state index in [1.165, 1.54) is 6.92 Å². The Bertz CT molecular complexity index is 225. The molecule has 1 aliphatic heterocycles. The molecule has 0 aromatic heterocycles. The second-order valence-corrected chi connectivity index (χ2v) is 2.88. The fraction of sp³-hybridized carbons (Fsp3) is 0.750. The second-order valence-electron chi connectivity index (χ2n) is 2.88. The lowest BCUT2D eigenvalue weighted by Crippen LogP contribution is -2.23. The van der Waals surface area contributed by atoms with Gasteiger partial charge in [-0.1, -0.05) is 0 Å². The molecule has 0 radical (unpaired) electrons. The lowest BCUT2D eigenvalue weighted by molar-refractivity contribution is -0.311. The van der Waals surface area contributed by atoms with Gasteiger partial charge in [-0.2, -0.15) is 10.1 Å². The maximum Gasteiger partial charge on any atom is 0.288 e. The molecule has 2 atom stereocenters. The van der Waals surface area contributed by atoms with E-state index in [-0.39, 0.29) is 0 Å². The largest absolute Gasteiger partial charge is 0.303 e. The van der Waals surface area contributed by atoms with Gasteiger partial charge in [-0.25, -0.2) is 4.89 Å². The van der Waals surface area contributed by atoms with E-state index < -0.39 is 12.1 Å². The summed E-state index contributed by atoms with van der Waals surface area (Å²) in [7, 11) is 0. The Hall–Kier alpha value is -0.960. The molecule has 1 fully saturated rings. The predicted octanol–water partition coefficient (Wildman–Crippen LogP) is 0.900. The van der Waals surface area contributed by atoms with Crippen LogP contribution in [0.1, 0.15) is 26.2 Å². The number of nitriles is 1. The van der Waals surface area contributed by atoms with Crippen molar-refractivity contribution in [3.8, 4) is 6.07 Å². The number of ether oxygens (including phenoxy) is 1. The summed E-state index contributed by atoms with van der Waals surface area (Å²) in [6, 6.07) is 1.82. The molecule has 2 unspecified atom stereocenters. The summed E-state index contributed by atoms with van der Waals surface area (Å²) < 4.78 is 5.12. The highest BCUT2D eigenvalue weighted by Gasteiger charge is 2.39. The Labute approximate surface area is 76.1 Å². The molecule has 0 aliphatic carbocycles. The van der Waals surface area contributed by atoms with E-state index in [9.17, 15) is 4.79 Å². The summed E-state index contributed by atoms with van der Waals surface area (Å²) in [5.41, 5.74) is 0. The monoisotopic (exact) mass is 185 g/mol. The Morgan fingerprint density at radius 1 is 1.69 bits per heavy atom. The second kappa shape index (κ2) is 4.33. The van der Waals surface area contributed by atoms with Gasteiger partial charge in [-0.05, 0) is 6.42 Å². The van der Waals surface area contributed by atoms with Crippen LogP contribution >= 0.6 is 0 Å². The van der Waals surface area contributed by atoms with Gasteiger partial charge in [0.15, 0.2) is 6.29 Å². The van der Waals surface area contributed by atoms with Crippen LogP contribution in [0, 0.1) is 11.3 Å². The molecule has 13 heavy (non-hydrogen) atoms. The Morgan fingerprint density at radius 2 is 2.46 bits per heavy atom. The normalized spacial score (nSPS) is 32.8. The van der Waals surface area contributed by atoms with Gasteiger partial charge in [0.05, 0.1) is 0 Å². The van der Waals surface area contributed by atoms with Crippen molar-refractivity contribution in [1.29, 1.82) is 5.26 Å². The molecule has 0 aromatic carbocycles. The van der Waals surface area contributed by atoms with E-state index >= 15 is 0 Å². The lowest BCUT2D eigenvalue weighted by atomic mass is 10.2. The van der Waals surface area contributed by atoms with E-state index in [0.717, 1.165) is 6.29 Å². The van der Waals surface area contributed by atoms with Crippen LogP contribution in [0.15, 0.2) is 0 Å². The fourth-order valence-corrected chi connectivity index (χ4v) is 0.955. The van der Waals surface area contributed by atoms with Gasteiger partial charge in [-0.3, -0.25) is 0 Å². The summed E-state index contributed by atoms with van der Waals surface area (Å²) in [5, 5.41) is 8.58. The number of hydrogen-bond donors (Lipinski definition) is 0. The van der Waals surface area contributed by atoms with Crippen LogP contribution < -0.4 is 0 Å². The minimum Gasteiger partial charge on any atom is -0.303 e. The lowest BCUT2D eigenvalue weighted by Gasteiger charge is -2.08. The number of aldehydes is 1. The molecule has 0 bridgehead atoms. The highest BCUT2D eigenvalue weighted by Crippen LogP contribution is 2.26. The number of carbonyl (C=O) groups is 1. The van der Waals surface area contributed by atoms with E-state index in [2.05, 4.69) is 4.89 Å². The van der Waals surface area contributed by atoms with E-state index in [4.69, 9.17) is 14.9 Å². The molecule has 0 aromatic rings. The molecule has 0 N–H and O–H groups in total. The van der Waals surface area contributed by atoms with Crippen molar-refractivity contribution in [2.75, 3.05) is 0 Å². The molecular formula is C8H11NO4.